The van der Waals surface area contributed by atoms with E-state index in [2.05, 4.69) is 4.74 Å². The zero-order valence-corrected chi connectivity index (χ0v) is 16.6. The molecule has 0 saturated heterocycles. The summed E-state index contributed by atoms with van der Waals surface area (Å²) in [5.74, 6) is 5.50. The molecule has 27 heavy (non-hydrogen) atoms. The molecule has 0 aliphatic carbocycles. The Kier molecular flexibility index (Phi) is 7.14. The van der Waals surface area contributed by atoms with Crippen molar-refractivity contribution in [1.82, 2.24) is 0 Å². The van der Waals surface area contributed by atoms with Gasteiger partial charge in [0.2, 0.25) is 0 Å². The number of benzene rings is 1. The van der Waals surface area contributed by atoms with Crippen LogP contribution in [0.5, 0.6) is 5.75 Å². The van der Waals surface area contributed by atoms with E-state index in [-0.39, 0.29) is 16.3 Å². The second-order valence-corrected chi connectivity index (χ2v) is 7.08. The van der Waals surface area contributed by atoms with E-state index in [0.717, 1.165) is 10.2 Å². The second-order valence-electron chi connectivity index (χ2n) is 5.76. The molecule has 0 saturated carbocycles. The molecule has 9 nitrogen and oxygen atoms in total. The largest absolute Gasteiger partial charge is 0.744 e. The van der Waals surface area contributed by atoms with Gasteiger partial charge in [0, 0.05) is 6.07 Å². The van der Waals surface area contributed by atoms with Crippen LogP contribution < -0.4 is 21.0 Å². The number of ether oxygens (including phenoxy) is 2. The van der Waals surface area contributed by atoms with E-state index in [9.17, 15) is 17.8 Å². The van der Waals surface area contributed by atoms with Crippen LogP contribution in [0.2, 0.25) is 0 Å². The van der Waals surface area contributed by atoms with Crippen molar-refractivity contribution in [3.05, 3.63) is 46.6 Å². The lowest BCUT2D eigenvalue weighted by Crippen LogP contribution is -2.47. The van der Waals surface area contributed by atoms with Crippen LogP contribution in [0.3, 0.4) is 0 Å². The van der Waals surface area contributed by atoms with Gasteiger partial charge in [-0.1, -0.05) is 17.7 Å². The summed E-state index contributed by atoms with van der Waals surface area (Å²) in [6, 6.07) is 4.78. The zero-order chi connectivity index (χ0) is 20.9. The van der Waals surface area contributed by atoms with Crippen LogP contribution >= 0.6 is 0 Å². The van der Waals surface area contributed by atoms with Crippen molar-refractivity contribution in [1.29, 1.82) is 0 Å². The third-order valence-corrected chi connectivity index (χ3v) is 4.74. The number of hydrogen-bond acceptors (Lipinski definition) is 8. The maximum Gasteiger partial charge on any atom is 0.342 e. The van der Waals surface area contributed by atoms with Gasteiger partial charge >= 0.3 is 5.97 Å². The molecule has 2 aromatic rings. The summed E-state index contributed by atoms with van der Waals surface area (Å²) in [7, 11) is -1.62. The van der Waals surface area contributed by atoms with E-state index in [1.54, 1.807) is 26.0 Å². The number of rotatable bonds is 3. The average Bonchev–Trinajstić information content (AvgIpc) is 2.54. The van der Waals surface area contributed by atoms with Gasteiger partial charge in [0.15, 0.2) is 11.9 Å². The number of aromatic nitrogens is 1. The molecule has 0 radical (unpaired) electrons. The first-order chi connectivity index (χ1) is 12.4. The standard InChI is InChI=1S/C9H12O3S.C8H11N3O3/c1-6-4-7(2)9(8(3)5-6)13(10,11)12;1-13-6-4-11(10)7(9)3-5(6)8(12)14-2/h4-5H,1-3H3,(H,10,11,12);3-4,9H,10H2,1-2H3. The molecule has 0 bridgehead atoms. The lowest BCUT2D eigenvalue weighted by Gasteiger charge is -2.14. The number of nitrogens with two attached hydrogens (primary N) is 2. The molecule has 148 valence electrons. The number of esters is 1. The molecule has 0 fully saturated rings. The van der Waals surface area contributed by atoms with Crippen molar-refractivity contribution >= 4 is 21.9 Å². The summed E-state index contributed by atoms with van der Waals surface area (Å²) in [6.07, 6.45) is 1.40. The SMILES string of the molecule is COC(=O)c1cc(N)[n+](N)cc1OC.Cc1cc(C)c(S(=O)(=O)[O-])c(C)c1. The highest BCUT2D eigenvalue weighted by atomic mass is 32.2. The summed E-state index contributed by atoms with van der Waals surface area (Å²) in [5, 5.41) is 0. The maximum absolute atomic E-state index is 11.2. The van der Waals surface area contributed by atoms with Crippen molar-refractivity contribution < 1.29 is 31.9 Å². The summed E-state index contributed by atoms with van der Waals surface area (Å²) in [6.45, 7) is 5.12. The van der Waals surface area contributed by atoms with Crippen molar-refractivity contribution in [2.24, 2.45) is 0 Å². The number of hydrogen-bond donors (Lipinski definition) is 2. The van der Waals surface area contributed by atoms with Crippen LogP contribution in [0.1, 0.15) is 27.0 Å². The predicted octanol–water partition coefficient (Wildman–Crippen LogP) is 0.581. The molecule has 0 aliphatic heterocycles. The summed E-state index contributed by atoms with van der Waals surface area (Å²) < 4.78 is 43.1. The Bertz CT molecular complexity index is 934. The van der Waals surface area contributed by atoms with Gasteiger partial charge in [-0.15, -0.1) is 4.68 Å². The number of methoxy groups -OCH3 is 2. The minimum atomic E-state index is -4.33. The van der Waals surface area contributed by atoms with E-state index in [1.165, 1.54) is 26.5 Å². The van der Waals surface area contributed by atoms with Gasteiger partial charge in [-0.25, -0.2) is 13.2 Å². The molecule has 0 spiro atoms. The Morgan fingerprint density at radius 2 is 1.63 bits per heavy atom. The van der Waals surface area contributed by atoms with Crippen molar-refractivity contribution in [2.45, 2.75) is 25.7 Å². The molecule has 1 heterocycles. The van der Waals surface area contributed by atoms with E-state index >= 15 is 0 Å². The van der Waals surface area contributed by atoms with Crippen LogP contribution in [-0.4, -0.2) is 33.2 Å². The second kappa shape index (κ2) is 8.69. The van der Waals surface area contributed by atoms with Gasteiger partial charge in [-0.3, -0.25) is 11.6 Å². The normalized spacial score (nSPS) is 10.6. The van der Waals surface area contributed by atoms with Gasteiger partial charge in [0.1, 0.15) is 15.7 Å². The van der Waals surface area contributed by atoms with Crippen molar-refractivity contribution in [3.63, 3.8) is 0 Å². The van der Waals surface area contributed by atoms with E-state index in [0.29, 0.717) is 16.9 Å². The highest BCUT2D eigenvalue weighted by Crippen LogP contribution is 2.21. The summed E-state index contributed by atoms with van der Waals surface area (Å²) in [4.78, 5) is 11.2. The molecule has 0 amide bonds. The molecular formula is C17H23N3O6S. The van der Waals surface area contributed by atoms with Gasteiger partial charge < -0.3 is 14.0 Å². The number of carbonyl (C=O) groups is 1. The van der Waals surface area contributed by atoms with Crippen LogP contribution in [-0.2, 0) is 14.9 Å². The topological polar surface area (TPSA) is 149 Å². The fourth-order valence-corrected chi connectivity index (χ4v) is 3.46. The maximum atomic E-state index is 11.2. The van der Waals surface area contributed by atoms with Crippen LogP contribution in [0.15, 0.2) is 29.3 Å². The van der Waals surface area contributed by atoms with Gasteiger partial charge in [0.05, 0.1) is 19.1 Å². The monoisotopic (exact) mass is 397 g/mol. The lowest BCUT2D eigenvalue weighted by atomic mass is 10.1. The van der Waals surface area contributed by atoms with E-state index in [1.807, 2.05) is 6.92 Å². The smallest absolute Gasteiger partial charge is 0.342 e. The Labute approximate surface area is 158 Å². The first-order valence-corrected chi connectivity index (χ1v) is 9.09. The highest BCUT2D eigenvalue weighted by Gasteiger charge is 2.18. The zero-order valence-electron chi connectivity index (χ0n) is 15.8. The molecule has 10 heteroatoms. The van der Waals surface area contributed by atoms with Crippen molar-refractivity contribution in [3.8, 4) is 5.75 Å². The fourth-order valence-electron chi connectivity index (χ4n) is 2.56. The molecule has 1 aromatic carbocycles. The Hall–Kier alpha value is -2.85. The van der Waals surface area contributed by atoms with Crippen LogP contribution in [0, 0.1) is 20.8 Å². The number of nitrogen functional groups attached to an aromatic ring is 2. The van der Waals surface area contributed by atoms with E-state index < -0.39 is 16.1 Å². The minimum absolute atomic E-state index is 0.0851. The van der Waals surface area contributed by atoms with Gasteiger partial charge in [-0.05, 0) is 31.9 Å². The number of carbonyl (C=O) groups excluding carboxylic acids is 1. The molecule has 0 unspecified atom stereocenters. The molecule has 0 aliphatic rings. The average molecular weight is 397 g/mol. The number of nitrogens with zero attached hydrogens (tertiary/aromatic N) is 1. The molecule has 1 aromatic heterocycles. The molecule has 2 rings (SSSR count). The Morgan fingerprint density at radius 1 is 1.11 bits per heavy atom. The van der Waals surface area contributed by atoms with Gasteiger partial charge in [0.25, 0.3) is 5.82 Å². The number of anilines is 1. The third-order valence-electron chi connectivity index (χ3n) is 3.59. The molecule has 0 atom stereocenters. The van der Waals surface area contributed by atoms with E-state index in [4.69, 9.17) is 16.3 Å². The number of aryl methyl sites for hydroxylation is 3. The Morgan fingerprint density at radius 3 is 2.04 bits per heavy atom. The first kappa shape index (κ1) is 22.2. The predicted molar refractivity (Wildman–Crippen MR) is 97.7 cm³/mol. The van der Waals surface area contributed by atoms with Crippen LogP contribution in [0.25, 0.3) is 0 Å². The van der Waals surface area contributed by atoms with Gasteiger partial charge in [-0.2, -0.15) is 0 Å². The number of pyridine rings is 1. The highest BCUT2D eigenvalue weighted by molar-refractivity contribution is 7.85. The quantitative estimate of drug-likeness (QED) is 0.331. The minimum Gasteiger partial charge on any atom is -0.744 e. The van der Waals surface area contributed by atoms with Crippen molar-refractivity contribution in [2.75, 3.05) is 25.8 Å². The summed E-state index contributed by atoms with van der Waals surface area (Å²) >= 11 is 0. The lowest BCUT2D eigenvalue weighted by molar-refractivity contribution is -0.624. The third kappa shape index (κ3) is 5.56. The molecule has 4 N–H and O–H groups in total. The first-order valence-electron chi connectivity index (χ1n) is 7.68. The molecular weight excluding hydrogens is 374 g/mol. The Balaban J connectivity index is 0.000000271. The van der Waals surface area contributed by atoms with Crippen LogP contribution in [0.4, 0.5) is 5.82 Å². The fraction of sp³-hybridized carbons (Fsp3) is 0.294. The summed E-state index contributed by atoms with van der Waals surface area (Å²) in [5.41, 5.74) is 7.76.